The Bertz CT molecular complexity index is 525. The number of nitrogens with zero attached hydrogens (tertiary/aromatic N) is 2. The number of amides is 2. The molecule has 0 bridgehead atoms. The van der Waals surface area contributed by atoms with Crippen LogP contribution in [-0.2, 0) is 9.59 Å². The summed E-state index contributed by atoms with van der Waals surface area (Å²) in [6.45, 7) is 0.937. The van der Waals surface area contributed by atoms with Crippen LogP contribution in [0.25, 0.3) is 0 Å². The summed E-state index contributed by atoms with van der Waals surface area (Å²) in [6, 6.07) is 3.15. The highest BCUT2D eigenvalue weighted by molar-refractivity contribution is 5.94. The lowest BCUT2D eigenvalue weighted by Gasteiger charge is -2.21. The van der Waals surface area contributed by atoms with Gasteiger partial charge in [-0.2, -0.15) is 0 Å². The molecule has 1 aliphatic heterocycles. The molecular weight excluding hydrogens is 276 g/mol. The van der Waals surface area contributed by atoms with E-state index in [-0.39, 0.29) is 36.5 Å². The number of likely N-dealkylation sites (tertiary alicyclic amines) is 1. The van der Waals surface area contributed by atoms with Crippen molar-refractivity contribution in [3.63, 3.8) is 0 Å². The second-order valence-electron chi connectivity index (χ2n) is 5.23. The van der Waals surface area contributed by atoms with E-state index in [1.54, 1.807) is 17.0 Å². The lowest BCUT2D eigenvalue weighted by Crippen LogP contribution is -2.40. The summed E-state index contributed by atoms with van der Waals surface area (Å²) in [5, 5.41) is 8.76. The van der Waals surface area contributed by atoms with Crippen molar-refractivity contribution in [3.8, 4) is 0 Å². The van der Waals surface area contributed by atoms with Gasteiger partial charge in [0.2, 0.25) is 5.91 Å². The molecule has 1 fully saturated rings. The van der Waals surface area contributed by atoms with Crippen LogP contribution in [0.3, 0.4) is 0 Å². The van der Waals surface area contributed by atoms with Gasteiger partial charge in [0, 0.05) is 26.6 Å². The molecule has 1 saturated heterocycles. The maximum Gasteiger partial charge on any atom is 0.303 e. The van der Waals surface area contributed by atoms with Gasteiger partial charge in [-0.25, -0.2) is 0 Å². The predicted molar refractivity (Wildman–Crippen MR) is 72.6 cm³/mol. The topological polar surface area (TPSA) is 91.1 Å². The van der Waals surface area contributed by atoms with E-state index in [0.29, 0.717) is 19.5 Å². The number of carboxylic acid groups (broad SMARTS) is 1. The van der Waals surface area contributed by atoms with Gasteiger partial charge in [0.15, 0.2) is 5.76 Å². The molecule has 2 heterocycles. The molecule has 114 valence electrons. The minimum atomic E-state index is -0.848. The van der Waals surface area contributed by atoms with Gasteiger partial charge in [-0.05, 0) is 24.5 Å². The third-order valence-electron chi connectivity index (χ3n) is 3.55. The third kappa shape index (κ3) is 3.84. The van der Waals surface area contributed by atoms with Crippen molar-refractivity contribution in [3.05, 3.63) is 24.2 Å². The van der Waals surface area contributed by atoms with Crippen molar-refractivity contribution in [2.24, 2.45) is 5.92 Å². The molecule has 1 aliphatic rings. The van der Waals surface area contributed by atoms with Crippen LogP contribution in [0, 0.1) is 5.92 Å². The normalized spacial score (nSPS) is 17.8. The Labute approximate surface area is 122 Å². The molecule has 1 N–H and O–H groups in total. The summed E-state index contributed by atoms with van der Waals surface area (Å²) in [4.78, 5) is 37.6. The summed E-state index contributed by atoms with van der Waals surface area (Å²) in [5.74, 6) is -1.19. The van der Waals surface area contributed by atoms with E-state index < -0.39 is 5.97 Å². The second-order valence-corrected chi connectivity index (χ2v) is 5.23. The Kier molecular flexibility index (Phi) is 4.62. The fraction of sp³-hybridized carbons (Fsp3) is 0.500. The van der Waals surface area contributed by atoms with Crippen molar-refractivity contribution in [2.75, 3.05) is 26.7 Å². The van der Waals surface area contributed by atoms with Gasteiger partial charge in [0.1, 0.15) is 0 Å². The molecule has 2 rings (SSSR count). The molecule has 0 aliphatic carbocycles. The van der Waals surface area contributed by atoms with E-state index in [2.05, 4.69) is 0 Å². The van der Waals surface area contributed by atoms with E-state index >= 15 is 0 Å². The molecule has 1 unspecified atom stereocenters. The van der Waals surface area contributed by atoms with Gasteiger partial charge < -0.3 is 19.3 Å². The van der Waals surface area contributed by atoms with Gasteiger partial charge in [0.05, 0.1) is 12.8 Å². The Morgan fingerprint density at radius 3 is 2.86 bits per heavy atom. The van der Waals surface area contributed by atoms with E-state index in [9.17, 15) is 14.4 Å². The van der Waals surface area contributed by atoms with Crippen LogP contribution in [0.4, 0.5) is 0 Å². The number of furan rings is 1. The molecule has 0 radical (unpaired) electrons. The van der Waals surface area contributed by atoms with Crippen LogP contribution >= 0.6 is 0 Å². The smallest absolute Gasteiger partial charge is 0.303 e. The van der Waals surface area contributed by atoms with E-state index in [0.717, 1.165) is 0 Å². The molecule has 0 saturated carbocycles. The van der Waals surface area contributed by atoms with Crippen LogP contribution in [0.5, 0.6) is 0 Å². The number of rotatable bonds is 5. The van der Waals surface area contributed by atoms with Crippen molar-refractivity contribution in [1.82, 2.24) is 9.80 Å². The average molecular weight is 294 g/mol. The maximum absolute atomic E-state index is 12.1. The Morgan fingerprint density at radius 2 is 2.24 bits per heavy atom. The van der Waals surface area contributed by atoms with Crippen LogP contribution in [0.15, 0.2) is 22.8 Å². The van der Waals surface area contributed by atoms with Gasteiger partial charge >= 0.3 is 5.97 Å². The number of hydrogen-bond acceptors (Lipinski definition) is 4. The molecule has 7 nitrogen and oxygen atoms in total. The maximum atomic E-state index is 12.1. The van der Waals surface area contributed by atoms with Crippen molar-refractivity contribution in [2.45, 2.75) is 12.8 Å². The Hall–Kier alpha value is -2.31. The second kappa shape index (κ2) is 6.43. The first-order valence-electron chi connectivity index (χ1n) is 6.76. The Balaban J connectivity index is 1.84. The lowest BCUT2D eigenvalue weighted by atomic mass is 10.1. The average Bonchev–Trinajstić information content (AvgIpc) is 3.07. The summed E-state index contributed by atoms with van der Waals surface area (Å²) >= 11 is 0. The van der Waals surface area contributed by atoms with Gasteiger partial charge in [0.25, 0.3) is 5.91 Å². The highest BCUT2D eigenvalue weighted by Crippen LogP contribution is 2.19. The number of likely N-dealkylation sites (N-methyl/N-ethyl adjacent to an activating group) is 1. The molecule has 0 aromatic carbocycles. The summed E-state index contributed by atoms with van der Waals surface area (Å²) in [6.07, 6.45) is 2.17. The van der Waals surface area contributed by atoms with Crippen LogP contribution in [0.2, 0.25) is 0 Å². The number of carbonyl (C=O) groups excluding carboxylic acids is 2. The minimum Gasteiger partial charge on any atom is -0.481 e. The van der Waals surface area contributed by atoms with E-state index in [1.165, 1.54) is 18.2 Å². The predicted octanol–water partition coefficient (Wildman–Crippen LogP) is 0.675. The largest absolute Gasteiger partial charge is 0.481 e. The highest BCUT2D eigenvalue weighted by atomic mass is 16.4. The molecular formula is C14H18N2O5. The van der Waals surface area contributed by atoms with Gasteiger partial charge in [-0.15, -0.1) is 0 Å². The first-order valence-corrected chi connectivity index (χ1v) is 6.76. The van der Waals surface area contributed by atoms with Crippen LogP contribution in [-0.4, -0.2) is 59.4 Å². The monoisotopic (exact) mass is 294 g/mol. The number of carbonyl (C=O) groups is 3. The third-order valence-corrected chi connectivity index (χ3v) is 3.55. The summed E-state index contributed by atoms with van der Waals surface area (Å²) in [7, 11) is 1.54. The minimum absolute atomic E-state index is 0.00229. The number of hydrogen-bond donors (Lipinski definition) is 1. The number of aliphatic carboxylic acids is 1. The molecule has 2 amide bonds. The van der Waals surface area contributed by atoms with Crippen LogP contribution < -0.4 is 0 Å². The quantitative estimate of drug-likeness (QED) is 0.862. The van der Waals surface area contributed by atoms with E-state index in [1.807, 2.05) is 0 Å². The molecule has 0 spiro atoms. The van der Waals surface area contributed by atoms with E-state index in [4.69, 9.17) is 9.52 Å². The SMILES string of the molecule is CN(CC(=O)N1CCC(CC(=O)O)C1)C(=O)c1ccco1. The fourth-order valence-electron chi connectivity index (χ4n) is 2.44. The Morgan fingerprint density at radius 1 is 1.48 bits per heavy atom. The van der Waals surface area contributed by atoms with Gasteiger partial charge in [-0.1, -0.05) is 0 Å². The zero-order valence-electron chi connectivity index (χ0n) is 11.8. The summed E-state index contributed by atoms with van der Waals surface area (Å²) < 4.78 is 5.00. The molecule has 1 atom stereocenters. The highest BCUT2D eigenvalue weighted by Gasteiger charge is 2.29. The molecule has 1 aromatic heterocycles. The zero-order valence-corrected chi connectivity index (χ0v) is 11.8. The number of carboxylic acids is 1. The van der Waals surface area contributed by atoms with Crippen molar-refractivity contribution in [1.29, 1.82) is 0 Å². The van der Waals surface area contributed by atoms with Gasteiger partial charge in [-0.3, -0.25) is 14.4 Å². The first kappa shape index (κ1) is 15.1. The lowest BCUT2D eigenvalue weighted by molar-refractivity contribution is -0.138. The zero-order chi connectivity index (χ0) is 15.4. The first-order chi connectivity index (χ1) is 9.97. The molecule has 7 heteroatoms. The molecule has 1 aromatic rings. The van der Waals surface area contributed by atoms with Crippen LogP contribution in [0.1, 0.15) is 23.4 Å². The van der Waals surface area contributed by atoms with Crippen molar-refractivity contribution < 1.29 is 23.9 Å². The standard InChI is InChI=1S/C14H18N2O5/c1-15(14(20)11-3-2-6-21-11)9-12(17)16-5-4-10(8-16)7-13(18)19/h2-3,6,10H,4-5,7-9H2,1H3,(H,18,19). The van der Waals surface area contributed by atoms with Crippen molar-refractivity contribution >= 4 is 17.8 Å². The fourth-order valence-corrected chi connectivity index (χ4v) is 2.44. The molecule has 21 heavy (non-hydrogen) atoms. The summed E-state index contributed by atoms with van der Waals surface area (Å²) in [5.41, 5.74) is 0.